The number of anilines is 1. The Labute approximate surface area is 203 Å². The molecule has 8 nitrogen and oxygen atoms in total. The number of thiophene rings is 1. The van der Waals surface area contributed by atoms with Crippen molar-refractivity contribution < 1.29 is 19.1 Å². The lowest BCUT2D eigenvalue weighted by Crippen LogP contribution is -2.34. The van der Waals surface area contributed by atoms with E-state index in [1.54, 1.807) is 40.1 Å². The molecule has 0 saturated carbocycles. The molecule has 0 spiro atoms. The molecule has 1 unspecified atom stereocenters. The summed E-state index contributed by atoms with van der Waals surface area (Å²) in [6.45, 7) is 8.58. The van der Waals surface area contributed by atoms with E-state index in [9.17, 15) is 14.4 Å². The fraction of sp³-hybridized carbons (Fsp3) is 0.360. The van der Waals surface area contributed by atoms with Gasteiger partial charge in [0.15, 0.2) is 6.61 Å². The molecule has 0 radical (unpaired) electrons. The number of hydrogen-bond acceptors (Lipinski definition) is 6. The highest BCUT2D eigenvalue weighted by molar-refractivity contribution is 7.16. The quantitative estimate of drug-likeness (QED) is 0.493. The van der Waals surface area contributed by atoms with Gasteiger partial charge in [0.1, 0.15) is 16.9 Å². The first kappa shape index (κ1) is 25.2. The fourth-order valence-electron chi connectivity index (χ4n) is 3.26. The normalized spacial score (nSPS) is 12.2. The van der Waals surface area contributed by atoms with Crippen LogP contribution in [0.25, 0.3) is 0 Å². The average molecular weight is 483 g/mol. The predicted molar refractivity (Wildman–Crippen MR) is 132 cm³/mol. The monoisotopic (exact) mass is 482 g/mol. The van der Waals surface area contributed by atoms with Crippen molar-refractivity contribution in [2.75, 3.05) is 11.9 Å². The SMILES string of the molecule is Cc1sc(NC(=O)C(C)(C)C)c(C(=O)OCC(=O)NC(c2ccccc2)c2nccn2C)c1C. The van der Waals surface area contributed by atoms with Crippen molar-refractivity contribution in [1.29, 1.82) is 0 Å². The number of esters is 1. The van der Waals surface area contributed by atoms with Crippen LogP contribution in [0.4, 0.5) is 5.00 Å². The number of hydrogen-bond donors (Lipinski definition) is 2. The van der Waals surface area contributed by atoms with Gasteiger partial charge in [0.2, 0.25) is 5.91 Å². The molecule has 34 heavy (non-hydrogen) atoms. The zero-order valence-electron chi connectivity index (χ0n) is 20.3. The number of aryl methyl sites for hydroxylation is 2. The molecule has 180 valence electrons. The number of carbonyl (C=O) groups is 3. The summed E-state index contributed by atoms with van der Waals surface area (Å²) >= 11 is 1.31. The van der Waals surface area contributed by atoms with Crippen molar-refractivity contribution in [2.24, 2.45) is 12.5 Å². The summed E-state index contributed by atoms with van der Waals surface area (Å²) in [5, 5.41) is 6.16. The number of benzene rings is 1. The Morgan fingerprint density at radius 3 is 2.41 bits per heavy atom. The summed E-state index contributed by atoms with van der Waals surface area (Å²) in [5.41, 5.74) is 1.23. The van der Waals surface area contributed by atoms with E-state index in [1.807, 2.05) is 48.9 Å². The van der Waals surface area contributed by atoms with E-state index in [-0.39, 0.29) is 11.5 Å². The maximum absolute atomic E-state index is 12.9. The molecule has 0 aliphatic rings. The first-order chi connectivity index (χ1) is 16.0. The Hall–Kier alpha value is -3.46. The molecule has 0 saturated heterocycles. The number of nitrogens with one attached hydrogen (secondary N) is 2. The van der Waals surface area contributed by atoms with Gasteiger partial charge in [-0.3, -0.25) is 9.59 Å². The Balaban J connectivity index is 1.73. The molecule has 1 atom stereocenters. The third-order valence-electron chi connectivity index (χ3n) is 5.39. The molecule has 2 N–H and O–H groups in total. The number of carbonyl (C=O) groups excluding carboxylic acids is 3. The Morgan fingerprint density at radius 1 is 1.15 bits per heavy atom. The summed E-state index contributed by atoms with van der Waals surface area (Å²) < 4.78 is 7.18. The van der Waals surface area contributed by atoms with Gasteiger partial charge < -0.3 is 19.9 Å². The molecule has 0 aliphatic heterocycles. The lowest BCUT2D eigenvalue weighted by Gasteiger charge is -2.19. The Kier molecular flexibility index (Phi) is 7.56. The van der Waals surface area contributed by atoms with E-state index < -0.39 is 29.9 Å². The predicted octanol–water partition coefficient (Wildman–Crippen LogP) is 4.15. The van der Waals surface area contributed by atoms with Crippen molar-refractivity contribution >= 4 is 34.1 Å². The standard InChI is InChI=1S/C25H30N4O4S/c1-15-16(2)34-22(28-24(32)25(3,4)5)19(15)23(31)33-14-18(30)27-20(17-10-8-7-9-11-17)21-26-12-13-29(21)6/h7-13,20H,14H2,1-6H3,(H,27,30)(H,28,32). The van der Waals surface area contributed by atoms with Gasteiger partial charge in [-0.2, -0.15) is 0 Å². The zero-order valence-corrected chi connectivity index (χ0v) is 21.1. The molecular weight excluding hydrogens is 452 g/mol. The van der Waals surface area contributed by atoms with Gasteiger partial charge in [-0.25, -0.2) is 9.78 Å². The van der Waals surface area contributed by atoms with E-state index in [4.69, 9.17) is 4.74 Å². The van der Waals surface area contributed by atoms with E-state index in [0.717, 1.165) is 16.0 Å². The second-order valence-corrected chi connectivity index (χ2v) is 10.3. The number of nitrogens with zero attached hydrogens (tertiary/aromatic N) is 2. The Morgan fingerprint density at radius 2 is 1.82 bits per heavy atom. The van der Waals surface area contributed by atoms with E-state index in [1.165, 1.54) is 11.3 Å². The molecular formula is C25H30N4O4S. The van der Waals surface area contributed by atoms with Gasteiger partial charge in [0.25, 0.3) is 5.91 Å². The van der Waals surface area contributed by atoms with Gasteiger partial charge in [0.05, 0.1) is 5.56 Å². The molecule has 2 aromatic heterocycles. The smallest absolute Gasteiger partial charge is 0.341 e. The molecule has 9 heteroatoms. The van der Waals surface area contributed by atoms with Crippen LogP contribution < -0.4 is 10.6 Å². The van der Waals surface area contributed by atoms with Crippen molar-refractivity contribution in [1.82, 2.24) is 14.9 Å². The molecule has 3 aromatic rings. The zero-order chi connectivity index (χ0) is 25.0. The van der Waals surface area contributed by atoms with E-state index in [0.29, 0.717) is 10.8 Å². The van der Waals surface area contributed by atoms with Crippen molar-refractivity contribution in [2.45, 2.75) is 40.7 Å². The molecule has 0 aliphatic carbocycles. The molecule has 0 bridgehead atoms. The number of rotatable bonds is 7. The van der Waals surface area contributed by atoms with Crippen molar-refractivity contribution in [3.8, 4) is 0 Å². The third-order valence-corrected chi connectivity index (χ3v) is 6.51. The van der Waals surface area contributed by atoms with Crippen LogP contribution >= 0.6 is 11.3 Å². The molecule has 2 amide bonds. The number of aromatic nitrogens is 2. The average Bonchev–Trinajstić information content (AvgIpc) is 3.32. The number of ether oxygens (including phenoxy) is 1. The minimum absolute atomic E-state index is 0.207. The number of imidazole rings is 1. The summed E-state index contributed by atoms with van der Waals surface area (Å²) in [6, 6.07) is 8.95. The minimum atomic E-state index is -0.658. The lowest BCUT2D eigenvalue weighted by atomic mass is 9.96. The fourth-order valence-corrected chi connectivity index (χ4v) is 4.30. The molecule has 1 aromatic carbocycles. The highest BCUT2D eigenvalue weighted by Crippen LogP contribution is 2.34. The van der Waals surface area contributed by atoms with E-state index >= 15 is 0 Å². The number of amides is 2. The lowest BCUT2D eigenvalue weighted by molar-refractivity contribution is -0.125. The van der Waals surface area contributed by atoms with E-state index in [2.05, 4.69) is 15.6 Å². The summed E-state index contributed by atoms with van der Waals surface area (Å²) in [7, 11) is 1.85. The second kappa shape index (κ2) is 10.2. The van der Waals surface area contributed by atoms with Gasteiger partial charge in [-0.15, -0.1) is 11.3 Å². The van der Waals surface area contributed by atoms with Crippen LogP contribution in [0.5, 0.6) is 0 Å². The second-order valence-electron chi connectivity index (χ2n) is 9.08. The van der Waals surface area contributed by atoms with Gasteiger partial charge in [0, 0.05) is 29.7 Å². The largest absolute Gasteiger partial charge is 0.452 e. The summed E-state index contributed by atoms with van der Waals surface area (Å²) in [6.07, 6.45) is 3.46. The van der Waals surface area contributed by atoms with Gasteiger partial charge in [-0.05, 0) is 25.0 Å². The summed E-state index contributed by atoms with van der Waals surface area (Å²) in [4.78, 5) is 43.4. The molecule has 0 fully saturated rings. The van der Waals surface area contributed by atoms with Crippen LogP contribution in [0.15, 0.2) is 42.7 Å². The van der Waals surface area contributed by atoms with Crippen molar-refractivity contribution in [3.63, 3.8) is 0 Å². The third kappa shape index (κ3) is 5.72. The van der Waals surface area contributed by atoms with Crippen LogP contribution in [0.1, 0.15) is 59.0 Å². The molecule has 3 rings (SSSR count). The van der Waals surface area contributed by atoms with Crippen LogP contribution in [-0.2, 0) is 21.4 Å². The van der Waals surface area contributed by atoms with Crippen LogP contribution in [0, 0.1) is 19.3 Å². The maximum Gasteiger partial charge on any atom is 0.341 e. The maximum atomic E-state index is 12.9. The van der Waals surface area contributed by atoms with Gasteiger partial charge >= 0.3 is 5.97 Å². The van der Waals surface area contributed by atoms with Crippen molar-refractivity contribution in [3.05, 3.63) is 70.1 Å². The van der Waals surface area contributed by atoms with Crippen LogP contribution in [-0.4, -0.2) is 33.9 Å². The topological polar surface area (TPSA) is 102 Å². The van der Waals surface area contributed by atoms with Crippen LogP contribution in [0.2, 0.25) is 0 Å². The minimum Gasteiger partial charge on any atom is -0.452 e. The summed E-state index contributed by atoms with van der Waals surface area (Å²) in [5.74, 6) is -0.673. The highest BCUT2D eigenvalue weighted by atomic mass is 32.1. The first-order valence-corrected chi connectivity index (χ1v) is 11.7. The highest BCUT2D eigenvalue weighted by Gasteiger charge is 2.28. The first-order valence-electron chi connectivity index (χ1n) is 10.9. The molecule has 2 heterocycles. The van der Waals surface area contributed by atoms with Crippen LogP contribution in [0.3, 0.4) is 0 Å². The van der Waals surface area contributed by atoms with Gasteiger partial charge in [-0.1, -0.05) is 51.1 Å². The Bertz CT molecular complexity index is 1190.